The Morgan fingerprint density at radius 2 is 1.77 bits per heavy atom. The van der Waals surface area contributed by atoms with E-state index in [1.54, 1.807) is 14.2 Å². The summed E-state index contributed by atoms with van der Waals surface area (Å²) in [6.07, 6.45) is 0. The van der Waals surface area contributed by atoms with Crippen LogP contribution in [0, 0.1) is 12.8 Å². The van der Waals surface area contributed by atoms with Crippen LogP contribution in [-0.4, -0.2) is 24.2 Å². The van der Waals surface area contributed by atoms with E-state index in [2.05, 4.69) is 23.8 Å². The van der Waals surface area contributed by atoms with E-state index in [0.717, 1.165) is 22.8 Å². The molecule has 0 aliphatic rings. The lowest BCUT2D eigenvalue weighted by Crippen LogP contribution is -2.01. The Morgan fingerprint density at radius 1 is 1.14 bits per heavy atom. The summed E-state index contributed by atoms with van der Waals surface area (Å²) in [5.74, 6) is 2.49. The number of aromatic amines is 1. The number of halogens is 2. The fourth-order valence-corrected chi connectivity index (χ4v) is 2.39. The van der Waals surface area contributed by atoms with Crippen LogP contribution in [0.15, 0.2) is 18.2 Å². The van der Waals surface area contributed by atoms with Gasteiger partial charge in [-0.15, -0.1) is 24.0 Å². The van der Waals surface area contributed by atoms with Crippen LogP contribution in [0.5, 0.6) is 11.5 Å². The summed E-state index contributed by atoms with van der Waals surface area (Å²) in [5, 5.41) is -0.102. The summed E-state index contributed by atoms with van der Waals surface area (Å²) >= 11 is 6.43. The number of nitrogens with one attached hydrogen (secondary N) is 1. The SMILES string of the molecule is COc1ccc(-c2nc(C(Cl)C(C)C)c(C)[nH]2)cc1OC.Cl. The molecule has 0 saturated heterocycles. The van der Waals surface area contributed by atoms with Crippen molar-refractivity contribution in [1.29, 1.82) is 0 Å². The van der Waals surface area contributed by atoms with Gasteiger partial charge in [-0.2, -0.15) is 0 Å². The quantitative estimate of drug-likeness (QED) is 0.795. The number of aromatic nitrogens is 2. The highest BCUT2D eigenvalue weighted by atomic mass is 35.5. The fourth-order valence-electron chi connectivity index (χ4n) is 2.18. The number of methoxy groups -OCH3 is 2. The number of H-pyrrole nitrogens is 1. The largest absolute Gasteiger partial charge is 0.493 e. The average Bonchev–Trinajstić information content (AvgIpc) is 2.87. The molecule has 0 bridgehead atoms. The van der Waals surface area contributed by atoms with Crippen LogP contribution in [0.1, 0.15) is 30.6 Å². The second-order valence-electron chi connectivity index (χ2n) is 5.31. The highest BCUT2D eigenvalue weighted by Crippen LogP contribution is 2.34. The number of aryl methyl sites for hydroxylation is 1. The maximum absolute atomic E-state index is 6.43. The third-order valence-electron chi connectivity index (χ3n) is 3.43. The summed E-state index contributed by atoms with van der Waals surface area (Å²) in [4.78, 5) is 7.94. The molecule has 0 aliphatic carbocycles. The summed E-state index contributed by atoms with van der Waals surface area (Å²) in [6, 6.07) is 5.72. The molecule has 0 amide bonds. The van der Waals surface area contributed by atoms with Crippen molar-refractivity contribution in [2.75, 3.05) is 14.2 Å². The minimum absolute atomic E-state index is 0. The van der Waals surface area contributed by atoms with Gasteiger partial charge in [0.2, 0.25) is 0 Å². The lowest BCUT2D eigenvalue weighted by Gasteiger charge is -2.11. The number of hydrogen-bond donors (Lipinski definition) is 1. The first kappa shape index (κ1) is 18.7. The summed E-state index contributed by atoms with van der Waals surface area (Å²) < 4.78 is 10.6. The van der Waals surface area contributed by atoms with Gasteiger partial charge in [0.25, 0.3) is 0 Å². The van der Waals surface area contributed by atoms with Crippen molar-refractivity contribution >= 4 is 24.0 Å². The molecule has 6 heteroatoms. The minimum atomic E-state index is -0.102. The van der Waals surface area contributed by atoms with Gasteiger partial charge in [-0.05, 0) is 31.0 Å². The highest BCUT2D eigenvalue weighted by Gasteiger charge is 2.20. The van der Waals surface area contributed by atoms with Crippen molar-refractivity contribution in [3.63, 3.8) is 0 Å². The molecule has 2 rings (SSSR count). The van der Waals surface area contributed by atoms with Crippen LogP contribution < -0.4 is 9.47 Å². The summed E-state index contributed by atoms with van der Waals surface area (Å²) in [5.41, 5.74) is 2.83. The van der Waals surface area contributed by atoms with E-state index in [-0.39, 0.29) is 17.8 Å². The van der Waals surface area contributed by atoms with Crippen LogP contribution in [0.2, 0.25) is 0 Å². The Kier molecular flexibility index (Phi) is 6.57. The molecule has 0 spiro atoms. The Labute approximate surface area is 142 Å². The number of alkyl halides is 1. The van der Waals surface area contributed by atoms with Gasteiger partial charge in [0.1, 0.15) is 5.82 Å². The molecule has 1 aromatic heterocycles. The zero-order valence-corrected chi connectivity index (χ0v) is 15.0. The highest BCUT2D eigenvalue weighted by molar-refractivity contribution is 6.20. The van der Waals surface area contributed by atoms with Gasteiger partial charge in [0, 0.05) is 11.3 Å². The van der Waals surface area contributed by atoms with Gasteiger partial charge in [-0.1, -0.05) is 13.8 Å². The van der Waals surface area contributed by atoms with E-state index in [1.807, 2.05) is 25.1 Å². The number of hydrogen-bond acceptors (Lipinski definition) is 3. The van der Waals surface area contributed by atoms with Crippen molar-refractivity contribution in [3.05, 3.63) is 29.6 Å². The van der Waals surface area contributed by atoms with Crippen molar-refractivity contribution in [2.45, 2.75) is 26.1 Å². The predicted octanol–water partition coefficient (Wildman–Crippen LogP) is 4.76. The smallest absolute Gasteiger partial charge is 0.161 e. The number of imidazole rings is 1. The Morgan fingerprint density at radius 3 is 2.32 bits per heavy atom. The molecule has 4 nitrogen and oxygen atoms in total. The van der Waals surface area contributed by atoms with E-state index in [1.165, 1.54) is 0 Å². The van der Waals surface area contributed by atoms with Gasteiger partial charge < -0.3 is 14.5 Å². The maximum atomic E-state index is 6.43. The molecular weight excluding hydrogens is 323 g/mol. The number of rotatable bonds is 5. The summed E-state index contributed by atoms with van der Waals surface area (Å²) in [6.45, 7) is 6.16. The number of ether oxygens (including phenoxy) is 2. The Bertz CT molecular complexity index is 627. The lowest BCUT2D eigenvalue weighted by atomic mass is 10.1. The molecule has 1 atom stereocenters. The van der Waals surface area contributed by atoms with Crippen LogP contribution in [0.3, 0.4) is 0 Å². The average molecular weight is 345 g/mol. The first-order valence-electron chi connectivity index (χ1n) is 6.90. The Hall–Kier alpha value is -1.39. The van der Waals surface area contributed by atoms with Crippen molar-refractivity contribution in [1.82, 2.24) is 9.97 Å². The maximum Gasteiger partial charge on any atom is 0.161 e. The molecule has 22 heavy (non-hydrogen) atoms. The molecule has 0 saturated carbocycles. The van der Waals surface area contributed by atoms with E-state index < -0.39 is 0 Å². The van der Waals surface area contributed by atoms with E-state index in [0.29, 0.717) is 17.4 Å². The van der Waals surface area contributed by atoms with Gasteiger partial charge >= 0.3 is 0 Å². The molecular formula is C16H22Cl2N2O2. The van der Waals surface area contributed by atoms with Crippen LogP contribution in [0.25, 0.3) is 11.4 Å². The van der Waals surface area contributed by atoms with Crippen LogP contribution in [0.4, 0.5) is 0 Å². The number of benzene rings is 1. The predicted molar refractivity (Wildman–Crippen MR) is 92.5 cm³/mol. The second kappa shape index (κ2) is 7.75. The first-order chi connectivity index (χ1) is 9.97. The topological polar surface area (TPSA) is 47.1 Å². The molecule has 1 heterocycles. The third-order valence-corrected chi connectivity index (χ3v) is 4.14. The standard InChI is InChI=1S/C16H21ClN2O2.ClH/c1-9(2)14(17)15-10(3)18-16(19-15)11-6-7-12(20-4)13(8-11)21-5;/h6-9,14H,1-5H3,(H,18,19);1H. The normalized spacial score (nSPS) is 12.0. The molecule has 0 radical (unpaired) electrons. The van der Waals surface area contributed by atoms with E-state index >= 15 is 0 Å². The zero-order chi connectivity index (χ0) is 15.6. The first-order valence-corrected chi connectivity index (χ1v) is 7.34. The van der Waals surface area contributed by atoms with Crippen LogP contribution >= 0.6 is 24.0 Å². The van der Waals surface area contributed by atoms with Crippen molar-refractivity contribution in [3.8, 4) is 22.9 Å². The fraction of sp³-hybridized carbons (Fsp3) is 0.438. The van der Waals surface area contributed by atoms with E-state index in [4.69, 9.17) is 21.1 Å². The monoisotopic (exact) mass is 344 g/mol. The molecule has 0 aliphatic heterocycles. The van der Waals surface area contributed by atoms with Crippen molar-refractivity contribution in [2.24, 2.45) is 5.92 Å². The molecule has 1 unspecified atom stereocenters. The molecule has 122 valence electrons. The minimum Gasteiger partial charge on any atom is -0.493 e. The van der Waals surface area contributed by atoms with Gasteiger partial charge in [0.15, 0.2) is 11.5 Å². The van der Waals surface area contributed by atoms with Gasteiger partial charge in [-0.3, -0.25) is 0 Å². The van der Waals surface area contributed by atoms with E-state index in [9.17, 15) is 0 Å². The van der Waals surface area contributed by atoms with Gasteiger partial charge in [-0.25, -0.2) is 4.98 Å². The Balaban J connectivity index is 0.00000242. The van der Waals surface area contributed by atoms with Crippen molar-refractivity contribution < 1.29 is 9.47 Å². The molecule has 1 aromatic carbocycles. The molecule has 1 N–H and O–H groups in total. The summed E-state index contributed by atoms with van der Waals surface area (Å²) in [7, 11) is 3.24. The lowest BCUT2D eigenvalue weighted by molar-refractivity contribution is 0.355. The van der Waals surface area contributed by atoms with Gasteiger partial charge in [0.05, 0.1) is 25.3 Å². The number of nitrogens with zero attached hydrogens (tertiary/aromatic N) is 1. The zero-order valence-electron chi connectivity index (χ0n) is 13.4. The molecule has 2 aromatic rings. The third kappa shape index (κ3) is 3.68. The molecule has 0 fully saturated rings. The second-order valence-corrected chi connectivity index (χ2v) is 5.78. The van der Waals surface area contributed by atoms with Crippen LogP contribution in [-0.2, 0) is 0 Å².